The number of aryl methyl sites for hydroxylation is 1. The number of carbonyl (C=O) groups is 1. The molecule has 0 aliphatic heterocycles. The molecule has 3 rings (SSSR count). The summed E-state index contributed by atoms with van der Waals surface area (Å²) in [6.45, 7) is 4.50. The Bertz CT molecular complexity index is 821. The Hall–Kier alpha value is -2.75. The first kappa shape index (κ1) is 14.2. The number of carbonyl (C=O) groups excluding carboxylic acids is 1. The lowest BCUT2D eigenvalue weighted by atomic mass is 10.2. The zero-order valence-electron chi connectivity index (χ0n) is 12.6. The molecule has 0 aliphatic rings. The molecule has 4 nitrogen and oxygen atoms in total. The van der Waals surface area contributed by atoms with Gasteiger partial charge in [-0.2, -0.15) is 0 Å². The normalized spacial score (nSPS) is 10.6. The monoisotopic (exact) mass is 294 g/mol. The van der Waals surface area contributed by atoms with E-state index in [1.807, 2.05) is 62.4 Å². The van der Waals surface area contributed by atoms with E-state index >= 15 is 0 Å². The molecule has 2 aromatic carbocycles. The summed E-state index contributed by atoms with van der Waals surface area (Å²) in [5.74, 6) is 0.492. The van der Waals surface area contributed by atoms with Crippen LogP contribution in [0, 0.1) is 6.92 Å². The molecule has 0 atom stereocenters. The topological polar surface area (TPSA) is 54.1 Å². The number of benzene rings is 2. The van der Waals surface area contributed by atoms with Gasteiger partial charge in [0, 0.05) is 10.9 Å². The number of amides is 1. The molecule has 0 bridgehead atoms. The summed E-state index contributed by atoms with van der Waals surface area (Å²) in [5.41, 5.74) is 3.32. The van der Waals surface area contributed by atoms with Crippen molar-refractivity contribution in [1.29, 1.82) is 0 Å². The van der Waals surface area contributed by atoms with Crippen LogP contribution in [0.3, 0.4) is 0 Å². The van der Waals surface area contributed by atoms with Crippen LogP contribution in [0.2, 0.25) is 0 Å². The van der Waals surface area contributed by atoms with Crippen molar-refractivity contribution in [3.8, 4) is 5.75 Å². The summed E-state index contributed by atoms with van der Waals surface area (Å²) < 4.78 is 5.52. The molecule has 1 heterocycles. The minimum absolute atomic E-state index is 0.180. The Labute approximate surface area is 129 Å². The maximum Gasteiger partial charge on any atom is 0.272 e. The molecule has 0 unspecified atom stereocenters. The Kier molecular flexibility index (Phi) is 3.83. The second kappa shape index (κ2) is 5.93. The summed E-state index contributed by atoms with van der Waals surface area (Å²) >= 11 is 0. The number of nitrogens with one attached hydrogen (secondary N) is 2. The third-order valence-electron chi connectivity index (χ3n) is 3.46. The quantitative estimate of drug-likeness (QED) is 0.760. The Morgan fingerprint density at radius 1 is 1.18 bits per heavy atom. The van der Waals surface area contributed by atoms with Crippen LogP contribution in [0.5, 0.6) is 5.75 Å². The first-order valence-corrected chi connectivity index (χ1v) is 7.30. The molecular weight excluding hydrogens is 276 g/mol. The first-order valence-electron chi connectivity index (χ1n) is 7.30. The van der Waals surface area contributed by atoms with Crippen molar-refractivity contribution in [3.05, 3.63) is 59.8 Å². The van der Waals surface area contributed by atoms with Gasteiger partial charge < -0.3 is 15.0 Å². The third-order valence-corrected chi connectivity index (χ3v) is 3.46. The van der Waals surface area contributed by atoms with E-state index in [1.165, 1.54) is 0 Å². The minimum Gasteiger partial charge on any atom is -0.492 e. The fourth-order valence-corrected chi connectivity index (χ4v) is 2.40. The number of anilines is 1. The summed E-state index contributed by atoms with van der Waals surface area (Å²) in [6.07, 6.45) is 0. The van der Waals surface area contributed by atoms with Crippen molar-refractivity contribution in [1.82, 2.24) is 4.98 Å². The SMILES string of the molecule is CCOc1ccccc1NC(=O)c1cc2ccc(C)cc2[nH]1. The van der Waals surface area contributed by atoms with Gasteiger partial charge in [-0.05, 0) is 43.7 Å². The third kappa shape index (κ3) is 2.81. The van der Waals surface area contributed by atoms with Crippen molar-refractivity contribution in [2.75, 3.05) is 11.9 Å². The van der Waals surface area contributed by atoms with E-state index in [2.05, 4.69) is 10.3 Å². The standard InChI is InChI=1S/C18H18N2O2/c1-3-22-17-7-5-4-6-14(17)20-18(21)16-11-13-9-8-12(2)10-15(13)19-16/h4-11,19H,3H2,1-2H3,(H,20,21). The van der Waals surface area contributed by atoms with Crippen LogP contribution in [0.15, 0.2) is 48.5 Å². The van der Waals surface area contributed by atoms with Gasteiger partial charge in [-0.3, -0.25) is 4.79 Å². The Balaban J connectivity index is 1.87. The lowest BCUT2D eigenvalue weighted by Gasteiger charge is -2.10. The van der Waals surface area contributed by atoms with E-state index in [0.29, 0.717) is 23.7 Å². The molecule has 0 aliphatic carbocycles. The van der Waals surface area contributed by atoms with Crippen LogP contribution < -0.4 is 10.1 Å². The number of aromatic amines is 1. The number of H-pyrrole nitrogens is 1. The fraction of sp³-hybridized carbons (Fsp3) is 0.167. The highest BCUT2D eigenvalue weighted by Gasteiger charge is 2.12. The van der Waals surface area contributed by atoms with Gasteiger partial charge in [-0.25, -0.2) is 0 Å². The first-order chi connectivity index (χ1) is 10.7. The van der Waals surface area contributed by atoms with Gasteiger partial charge >= 0.3 is 0 Å². The number of hydrogen-bond acceptors (Lipinski definition) is 2. The van der Waals surface area contributed by atoms with Crippen molar-refractivity contribution in [3.63, 3.8) is 0 Å². The largest absolute Gasteiger partial charge is 0.492 e. The van der Waals surface area contributed by atoms with Gasteiger partial charge in [0.15, 0.2) is 0 Å². The maximum absolute atomic E-state index is 12.4. The van der Waals surface area contributed by atoms with Gasteiger partial charge in [-0.15, -0.1) is 0 Å². The van der Waals surface area contributed by atoms with Crippen molar-refractivity contribution in [2.45, 2.75) is 13.8 Å². The highest BCUT2D eigenvalue weighted by Crippen LogP contribution is 2.25. The molecule has 3 aromatic rings. The summed E-state index contributed by atoms with van der Waals surface area (Å²) in [7, 11) is 0. The van der Waals surface area contributed by atoms with Crippen LogP contribution in [0.25, 0.3) is 10.9 Å². The predicted octanol–water partition coefficient (Wildman–Crippen LogP) is 4.13. The number of para-hydroxylation sites is 2. The molecule has 0 saturated carbocycles. The van der Waals surface area contributed by atoms with Crippen LogP contribution in [-0.4, -0.2) is 17.5 Å². The van der Waals surface area contributed by atoms with Crippen LogP contribution in [0.1, 0.15) is 23.0 Å². The van der Waals surface area contributed by atoms with Gasteiger partial charge in [0.05, 0.1) is 12.3 Å². The molecule has 1 amide bonds. The molecule has 22 heavy (non-hydrogen) atoms. The van der Waals surface area contributed by atoms with E-state index < -0.39 is 0 Å². The number of hydrogen-bond donors (Lipinski definition) is 2. The Morgan fingerprint density at radius 3 is 2.82 bits per heavy atom. The van der Waals surface area contributed by atoms with Gasteiger partial charge in [-0.1, -0.05) is 24.3 Å². The second-order valence-electron chi connectivity index (χ2n) is 5.16. The molecule has 0 radical (unpaired) electrons. The van der Waals surface area contributed by atoms with Crippen LogP contribution >= 0.6 is 0 Å². The molecule has 2 N–H and O–H groups in total. The van der Waals surface area contributed by atoms with Crippen molar-refractivity contribution < 1.29 is 9.53 Å². The second-order valence-corrected chi connectivity index (χ2v) is 5.16. The number of rotatable bonds is 4. The molecule has 0 saturated heterocycles. The highest BCUT2D eigenvalue weighted by molar-refractivity contribution is 6.06. The average molecular weight is 294 g/mol. The molecule has 1 aromatic heterocycles. The number of aromatic nitrogens is 1. The van der Waals surface area contributed by atoms with E-state index in [1.54, 1.807) is 0 Å². The lowest BCUT2D eigenvalue weighted by Crippen LogP contribution is -2.13. The van der Waals surface area contributed by atoms with E-state index in [0.717, 1.165) is 16.5 Å². The molecule has 112 valence electrons. The smallest absolute Gasteiger partial charge is 0.272 e. The molecule has 0 fully saturated rings. The molecule has 0 spiro atoms. The molecule has 4 heteroatoms. The zero-order valence-corrected chi connectivity index (χ0v) is 12.6. The maximum atomic E-state index is 12.4. The number of fused-ring (bicyclic) bond motifs is 1. The number of ether oxygens (including phenoxy) is 1. The fourth-order valence-electron chi connectivity index (χ4n) is 2.40. The summed E-state index contributed by atoms with van der Waals surface area (Å²) in [5, 5.41) is 3.91. The van der Waals surface area contributed by atoms with Crippen LogP contribution in [0.4, 0.5) is 5.69 Å². The lowest BCUT2D eigenvalue weighted by molar-refractivity contribution is 0.102. The van der Waals surface area contributed by atoms with Crippen molar-refractivity contribution >= 4 is 22.5 Å². The summed E-state index contributed by atoms with van der Waals surface area (Å²) in [4.78, 5) is 15.6. The van der Waals surface area contributed by atoms with Gasteiger partial charge in [0.2, 0.25) is 0 Å². The van der Waals surface area contributed by atoms with E-state index in [4.69, 9.17) is 4.74 Å². The van der Waals surface area contributed by atoms with Gasteiger partial charge in [0.1, 0.15) is 11.4 Å². The van der Waals surface area contributed by atoms with Crippen molar-refractivity contribution in [2.24, 2.45) is 0 Å². The van der Waals surface area contributed by atoms with Gasteiger partial charge in [0.25, 0.3) is 5.91 Å². The predicted molar refractivity (Wildman–Crippen MR) is 88.6 cm³/mol. The van der Waals surface area contributed by atoms with E-state index in [9.17, 15) is 4.79 Å². The average Bonchev–Trinajstić information content (AvgIpc) is 2.92. The zero-order chi connectivity index (χ0) is 15.5. The molecular formula is C18H18N2O2. The Morgan fingerprint density at radius 2 is 2.00 bits per heavy atom. The van der Waals surface area contributed by atoms with Crippen LogP contribution in [-0.2, 0) is 0 Å². The summed E-state index contributed by atoms with van der Waals surface area (Å²) in [6, 6.07) is 15.3. The minimum atomic E-state index is -0.180. The van der Waals surface area contributed by atoms with E-state index in [-0.39, 0.29) is 5.91 Å². The highest BCUT2D eigenvalue weighted by atomic mass is 16.5.